The van der Waals surface area contributed by atoms with Crippen molar-refractivity contribution in [2.45, 2.75) is 51.5 Å². The number of para-hydroxylation sites is 1. The van der Waals surface area contributed by atoms with E-state index in [1.54, 1.807) is 49.2 Å². The summed E-state index contributed by atoms with van der Waals surface area (Å²) in [6.45, 7) is 4.43. The number of ether oxygens (including phenoxy) is 2. The Balaban J connectivity index is 1.53. The van der Waals surface area contributed by atoms with E-state index in [9.17, 15) is 37.6 Å². The Kier molecular flexibility index (Phi) is 10.6. The van der Waals surface area contributed by atoms with Crippen LogP contribution >= 0.6 is 7.52 Å². The number of aromatic nitrogens is 1. The lowest BCUT2D eigenvalue weighted by Crippen LogP contribution is -2.70. The molecule has 268 valence electrons. The lowest BCUT2D eigenvalue weighted by Gasteiger charge is -2.52. The number of likely N-dealkylation sites (N-methyl/N-ethyl adjacent to an activating group) is 1. The number of aromatic hydroxyl groups is 1. The first-order valence-electron chi connectivity index (χ1n) is 15.8. The molecule has 1 unspecified atom stereocenters. The minimum atomic E-state index is -3.99. The molecule has 5 rings (SSSR count). The first-order chi connectivity index (χ1) is 23.7. The van der Waals surface area contributed by atoms with Crippen molar-refractivity contribution in [2.75, 3.05) is 38.0 Å². The van der Waals surface area contributed by atoms with Gasteiger partial charge in [0.25, 0.3) is 11.8 Å². The maximum atomic E-state index is 14.5. The summed E-state index contributed by atoms with van der Waals surface area (Å²) >= 11 is 0. The van der Waals surface area contributed by atoms with Crippen LogP contribution in [0.2, 0.25) is 0 Å². The lowest BCUT2D eigenvalue weighted by atomic mass is 10.0. The van der Waals surface area contributed by atoms with E-state index in [-0.39, 0.29) is 43.7 Å². The average Bonchev–Trinajstić information content (AvgIpc) is 3.55. The van der Waals surface area contributed by atoms with E-state index < -0.39 is 83.7 Å². The monoisotopic (exact) mass is 717 g/mol. The predicted molar refractivity (Wildman–Crippen MR) is 177 cm³/mol. The van der Waals surface area contributed by atoms with Crippen molar-refractivity contribution in [3.05, 3.63) is 93.4 Å². The van der Waals surface area contributed by atoms with E-state index in [1.807, 2.05) is 0 Å². The lowest BCUT2D eigenvalue weighted by molar-refractivity contribution is -0.149. The fourth-order valence-electron chi connectivity index (χ4n) is 5.82. The molecule has 0 aliphatic carbocycles. The molecule has 2 aliphatic heterocycles. The Bertz CT molecular complexity index is 1880. The first-order valence-corrected chi connectivity index (χ1v) is 17.6. The average molecular weight is 718 g/mol. The molecule has 3 aromatic rings. The molecule has 1 spiro atoms. The SMILES string of the molecule is CC(C)OC(=O)[C@H](C)NP(=O)(CCN1n2cc(C(=O)NCc3ccc(F)cc3F)c(=O)c(O)c2C(=O)N(C)[C@@]12CCOC2)Oc1ccccc1. The molecule has 3 heterocycles. The quantitative estimate of drug-likeness (QED) is 0.186. The minimum absolute atomic E-state index is 0.0265. The molecule has 50 heavy (non-hydrogen) atoms. The summed E-state index contributed by atoms with van der Waals surface area (Å²) in [5, 5.41) is 17.8. The summed E-state index contributed by atoms with van der Waals surface area (Å²) in [4.78, 5) is 54.3. The molecule has 1 aromatic heterocycles. The number of nitrogens with zero attached hydrogens (tertiary/aromatic N) is 3. The fraction of sp³-hybridized carbons (Fsp3) is 0.394. The van der Waals surface area contributed by atoms with Crippen molar-refractivity contribution < 1.29 is 46.8 Å². The number of hydrogen-bond donors (Lipinski definition) is 3. The van der Waals surface area contributed by atoms with Crippen molar-refractivity contribution in [3.8, 4) is 11.5 Å². The molecule has 1 fully saturated rings. The zero-order chi connectivity index (χ0) is 36.4. The zero-order valence-corrected chi connectivity index (χ0v) is 28.7. The summed E-state index contributed by atoms with van der Waals surface area (Å²) < 4.78 is 60.3. The molecule has 17 heteroatoms. The molecule has 0 saturated carbocycles. The molecule has 14 nitrogen and oxygen atoms in total. The highest BCUT2D eigenvalue weighted by Crippen LogP contribution is 2.45. The molecule has 0 bridgehead atoms. The fourth-order valence-corrected chi connectivity index (χ4v) is 7.71. The van der Waals surface area contributed by atoms with E-state index in [4.69, 9.17) is 14.0 Å². The van der Waals surface area contributed by atoms with Gasteiger partial charge in [-0.25, -0.2) is 13.9 Å². The molecule has 2 aromatic carbocycles. The number of esters is 1. The highest BCUT2D eigenvalue weighted by Gasteiger charge is 2.53. The standard InChI is InChI=1S/C33H38F2N5O9P/c1-20(2)48-32(45)21(3)37-50(46,49-24-8-6-5-7-9-24)15-13-40-33(12-14-47-19-33)38(4)31(44)27-29(42)28(41)25(18-39(27)40)30(43)36-17-22-10-11-23(34)16-26(22)35/h5-11,16,18,20-21,42H,12-15,17,19H2,1-4H3,(H,36,43)(H,37,46)/t21-,33-,50?/m0/s1. The van der Waals surface area contributed by atoms with Crippen LogP contribution in [0.25, 0.3) is 0 Å². The van der Waals surface area contributed by atoms with Crippen LogP contribution in [0.15, 0.2) is 59.5 Å². The number of benzene rings is 2. The van der Waals surface area contributed by atoms with Crippen molar-refractivity contribution in [1.29, 1.82) is 0 Å². The Hall–Kier alpha value is -4.79. The summed E-state index contributed by atoms with van der Waals surface area (Å²) in [7, 11) is -2.52. The molecule has 3 N–H and O–H groups in total. The molecule has 2 amide bonds. The molecule has 0 radical (unpaired) electrons. The number of nitrogens with one attached hydrogen (secondary N) is 2. The second-order valence-electron chi connectivity index (χ2n) is 12.2. The highest BCUT2D eigenvalue weighted by molar-refractivity contribution is 7.57. The number of fused-ring (bicyclic) bond motifs is 1. The largest absolute Gasteiger partial charge is 0.502 e. The third-order valence-corrected chi connectivity index (χ3v) is 10.5. The maximum absolute atomic E-state index is 14.5. The van der Waals surface area contributed by atoms with Crippen LogP contribution in [0, 0.1) is 11.6 Å². The van der Waals surface area contributed by atoms with Crippen molar-refractivity contribution in [3.63, 3.8) is 0 Å². The van der Waals surface area contributed by atoms with Crippen LogP contribution < -0.4 is 25.4 Å². The zero-order valence-electron chi connectivity index (χ0n) is 27.9. The molecular formula is C33H38F2N5O9P. The van der Waals surface area contributed by atoms with Gasteiger partial charge >= 0.3 is 13.5 Å². The topological polar surface area (TPSA) is 169 Å². The van der Waals surface area contributed by atoms with Crippen LogP contribution in [-0.4, -0.2) is 83.2 Å². The summed E-state index contributed by atoms with van der Waals surface area (Å²) in [6, 6.07) is 10.0. The third-order valence-electron chi connectivity index (χ3n) is 8.41. The number of halogens is 2. The van der Waals surface area contributed by atoms with Gasteiger partial charge in [0.1, 0.15) is 29.0 Å². The molecule has 2 aliphatic rings. The number of hydrogen-bond acceptors (Lipinski definition) is 10. The van der Waals surface area contributed by atoms with Crippen LogP contribution in [0.1, 0.15) is 53.6 Å². The molecular weight excluding hydrogens is 679 g/mol. The van der Waals surface area contributed by atoms with Crippen LogP contribution in [0.5, 0.6) is 11.5 Å². The Morgan fingerprint density at radius 1 is 1.12 bits per heavy atom. The number of carbonyl (C=O) groups excluding carboxylic acids is 3. The predicted octanol–water partition coefficient (Wildman–Crippen LogP) is 3.10. The van der Waals surface area contributed by atoms with E-state index >= 15 is 0 Å². The van der Waals surface area contributed by atoms with Crippen molar-refractivity contribution in [2.24, 2.45) is 0 Å². The Morgan fingerprint density at radius 3 is 2.48 bits per heavy atom. The van der Waals surface area contributed by atoms with Crippen molar-refractivity contribution in [1.82, 2.24) is 20.0 Å². The van der Waals surface area contributed by atoms with Gasteiger partial charge in [0.05, 0.1) is 25.5 Å². The van der Waals surface area contributed by atoms with Gasteiger partial charge in [-0.15, -0.1) is 0 Å². The molecule has 1 saturated heterocycles. The van der Waals surface area contributed by atoms with Crippen LogP contribution in [0.3, 0.4) is 0 Å². The number of amides is 2. The Morgan fingerprint density at radius 2 is 1.84 bits per heavy atom. The van der Waals surface area contributed by atoms with Gasteiger partial charge < -0.3 is 29.3 Å². The van der Waals surface area contributed by atoms with Crippen LogP contribution in [-0.2, 0) is 25.4 Å². The third kappa shape index (κ3) is 7.37. The van der Waals surface area contributed by atoms with Gasteiger partial charge in [0.15, 0.2) is 17.1 Å². The number of rotatable bonds is 12. The molecule has 3 atom stereocenters. The van der Waals surface area contributed by atoms with Gasteiger partial charge in [-0.05, 0) is 39.0 Å². The van der Waals surface area contributed by atoms with Gasteiger partial charge in [-0.1, -0.05) is 24.3 Å². The van der Waals surface area contributed by atoms with E-state index in [1.165, 1.54) is 18.9 Å². The summed E-state index contributed by atoms with van der Waals surface area (Å²) in [5.74, 6) is -4.92. The minimum Gasteiger partial charge on any atom is -0.502 e. The maximum Gasteiger partial charge on any atom is 0.323 e. The van der Waals surface area contributed by atoms with Gasteiger partial charge in [-0.2, -0.15) is 0 Å². The Labute approximate surface area is 286 Å². The van der Waals surface area contributed by atoms with E-state index in [0.29, 0.717) is 6.07 Å². The van der Waals surface area contributed by atoms with Gasteiger partial charge in [0.2, 0.25) is 5.43 Å². The van der Waals surface area contributed by atoms with E-state index in [2.05, 4.69) is 10.4 Å². The van der Waals surface area contributed by atoms with Gasteiger partial charge in [0, 0.05) is 44.4 Å². The van der Waals surface area contributed by atoms with Gasteiger partial charge in [-0.3, -0.25) is 33.4 Å². The number of pyridine rings is 1. The second kappa shape index (κ2) is 14.6. The first kappa shape index (κ1) is 36.5. The normalized spacial score (nSPS) is 18.9. The smallest absolute Gasteiger partial charge is 0.323 e. The van der Waals surface area contributed by atoms with Crippen molar-refractivity contribution >= 4 is 25.3 Å². The summed E-state index contributed by atoms with van der Waals surface area (Å²) in [5.41, 5.74) is -3.49. The second-order valence-corrected chi connectivity index (χ2v) is 14.5. The highest BCUT2D eigenvalue weighted by atomic mass is 31.2. The van der Waals surface area contributed by atoms with E-state index in [0.717, 1.165) is 23.0 Å². The van der Waals surface area contributed by atoms with Crippen LogP contribution in [0.4, 0.5) is 8.78 Å². The number of carbonyl (C=O) groups is 3. The summed E-state index contributed by atoms with van der Waals surface area (Å²) in [6.07, 6.45) is 0.597.